The van der Waals surface area contributed by atoms with E-state index in [4.69, 9.17) is 4.74 Å². The minimum Gasteiger partial charge on any atom is -0.497 e. The van der Waals surface area contributed by atoms with E-state index in [1.54, 1.807) is 30.2 Å². The van der Waals surface area contributed by atoms with E-state index in [1.807, 2.05) is 45.0 Å². The molecule has 32 heavy (non-hydrogen) atoms. The number of hydrogen-bond donors (Lipinski definition) is 1. The Morgan fingerprint density at radius 1 is 1.16 bits per heavy atom. The summed E-state index contributed by atoms with van der Waals surface area (Å²) in [5.74, 6) is 0.975. The van der Waals surface area contributed by atoms with Gasteiger partial charge in [0, 0.05) is 18.8 Å². The zero-order chi connectivity index (χ0) is 23.5. The van der Waals surface area contributed by atoms with Gasteiger partial charge in [0.1, 0.15) is 17.6 Å². The van der Waals surface area contributed by atoms with E-state index >= 15 is 0 Å². The van der Waals surface area contributed by atoms with Gasteiger partial charge in [-0.15, -0.1) is 11.8 Å². The molecule has 0 fully saturated rings. The highest BCUT2D eigenvalue weighted by molar-refractivity contribution is 7.99. The van der Waals surface area contributed by atoms with Crippen molar-refractivity contribution in [3.8, 4) is 5.75 Å². The highest BCUT2D eigenvalue weighted by atomic mass is 32.2. The van der Waals surface area contributed by atoms with Crippen molar-refractivity contribution in [3.63, 3.8) is 0 Å². The fourth-order valence-electron chi connectivity index (χ4n) is 3.26. The summed E-state index contributed by atoms with van der Waals surface area (Å²) in [6.45, 7) is 6.81. The zero-order valence-corrected chi connectivity index (χ0v) is 20.1. The third-order valence-electron chi connectivity index (χ3n) is 5.00. The molecule has 7 heteroatoms. The Kier molecular flexibility index (Phi) is 10.5. The molecule has 0 spiro atoms. The summed E-state index contributed by atoms with van der Waals surface area (Å²) in [5, 5.41) is 2.95. The molecule has 1 N–H and O–H groups in total. The lowest BCUT2D eigenvalue weighted by atomic mass is 10.1. The summed E-state index contributed by atoms with van der Waals surface area (Å²) in [7, 11) is 1.59. The lowest BCUT2D eigenvalue weighted by molar-refractivity contribution is -0.139. The van der Waals surface area contributed by atoms with E-state index in [9.17, 15) is 14.0 Å². The second kappa shape index (κ2) is 13.1. The molecular formula is C25H33FN2O3S. The van der Waals surface area contributed by atoms with Crippen LogP contribution >= 0.6 is 11.8 Å². The number of halogens is 1. The minimum atomic E-state index is -0.582. The normalized spacial score (nSPS) is 11.8. The maximum absolute atomic E-state index is 13.9. The molecule has 0 aliphatic carbocycles. The van der Waals surface area contributed by atoms with Crippen molar-refractivity contribution in [3.05, 3.63) is 65.5 Å². The molecule has 2 aromatic rings. The number of benzene rings is 2. The molecule has 0 saturated heterocycles. The molecule has 2 rings (SSSR count). The number of nitrogens with one attached hydrogen (secondary N) is 1. The average molecular weight is 461 g/mol. The van der Waals surface area contributed by atoms with Gasteiger partial charge in [-0.1, -0.05) is 51.1 Å². The van der Waals surface area contributed by atoms with Crippen molar-refractivity contribution >= 4 is 23.6 Å². The van der Waals surface area contributed by atoms with Gasteiger partial charge in [-0.25, -0.2) is 4.39 Å². The number of rotatable bonds is 12. The van der Waals surface area contributed by atoms with E-state index in [0.29, 0.717) is 42.5 Å². The smallest absolute Gasteiger partial charge is 0.242 e. The fourth-order valence-corrected chi connectivity index (χ4v) is 4.15. The van der Waals surface area contributed by atoms with Gasteiger partial charge in [0.05, 0.1) is 12.9 Å². The number of hydrogen-bond acceptors (Lipinski definition) is 4. The summed E-state index contributed by atoms with van der Waals surface area (Å²) in [6.07, 6.45) is 0.498. The van der Waals surface area contributed by atoms with Crippen LogP contribution in [0.2, 0.25) is 0 Å². The molecule has 0 aromatic heterocycles. The lowest BCUT2D eigenvalue weighted by Gasteiger charge is -2.31. The quantitative estimate of drug-likeness (QED) is 0.501. The van der Waals surface area contributed by atoms with E-state index in [2.05, 4.69) is 5.32 Å². The van der Waals surface area contributed by atoms with Crippen LogP contribution < -0.4 is 10.1 Å². The van der Waals surface area contributed by atoms with Crippen LogP contribution in [-0.4, -0.2) is 42.2 Å². The van der Waals surface area contributed by atoms with Gasteiger partial charge in [-0.2, -0.15) is 0 Å². The first-order valence-corrected chi connectivity index (χ1v) is 12.0. The molecule has 0 aliphatic rings. The second-order valence-corrected chi connectivity index (χ2v) is 9.01. The van der Waals surface area contributed by atoms with Gasteiger partial charge in [-0.3, -0.25) is 9.59 Å². The maximum atomic E-state index is 13.9. The van der Waals surface area contributed by atoms with Gasteiger partial charge < -0.3 is 15.0 Å². The monoisotopic (exact) mass is 460 g/mol. The van der Waals surface area contributed by atoms with E-state index in [0.717, 1.165) is 5.56 Å². The molecule has 0 bridgehead atoms. The van der Waals surface area contributed by atoms with Gasteiger partial charge >= 0.3 is 0 Å². The first kappa shape index (κ1) is 25.7. The summed E-state index contributed by atoms with van der Waals surface area (Å²) in [4.78, 5) is 27.7. The maximum Gasteiger partial charge on any atom is 0.242 e. The minimum absolute atomic E-state index is 0.152. The number of thioether (sulfide) groups is 1. The van der Waals surface area contributed by atoms with Crippen molar-refractivity contribution in [1.29, 1.82) is 0 Å². The Balaban J connectivity index is 2.16. The van der Waals surface area contributed by atoms with Crippen LogP contribution in [0.4, 0.5) is 4.39 Å². The second-order valence-electron chi connectivity index (χ2n) is 8.02. The zero-order valence-electron chi connectivity index (χ0n) is 19.3. The Morgan fingerprint density at radius 3 is 2.56 bits per heavy atom. The standard InChI is InChI=1S/C25H33FN2O3S/c1-5-23(25(30)27-14-18(2)3)28(15-19-9-8-11-21(13-19)31-4)24(29)17-32-16-20-10-6-7-12-22(20)26/h6-13,18,23H,5,14-17H2,1-4H3,(H,27,30). The predicted molar refractivity (Wildman–Crippen MR) is 128 cm³/mol. The Bertz CT molecular complexity index is 891. The van der Waals surface area contributed by atoms with E-state index in [1.165, 1.54) is 17.8 Å². The number of ether oxygens (including phenoxy) is 1. The van der Waals surface area contributed by atoms with Crippen molar-refractivity contribution in [1.82, 2.24) is 10.2 Å². The summed E-state index contributed by atoms with van der Waals surface area (Å²) < 4.78 is 19.2. The van der Waals surface area contributed by atoms with Crippen molar-refractivity contribution in [2.24, 2.45) is 5.92 Å². The molecule has 1 unspecified atom stereocenters. The molecule has 174 valence electrons. The molecular weight excluding hydrogens is 427 g/mol. The average Bonchev–Trinajstić information content (AvgIpc) is 2.78. The van der Waals surface area contributed by atoms with Gasteiger partial charge in [0.15, 0.2) is 0 Å². The molecule has 0 saturated carbocycles. The first-order valence-electron chi connectivity index (χ1n) is 10.9. The Hall–Kier alpha value is -2.54. The van der Waals surface area contributed by atoms with Crippen LogP contribution in [0, 0.1) is 11.7 Å². The predicted octanol–water partition coefficient (Wildman–Crippen LogP) is 4.65. The molecule has 5 nitrogen and oxygen atoms in total. The molecule has 1 atom stereocenters. The van der Waals surface area contributed by atoms with Crippen molar-refractivity contribution in [2.75, 3.05) is 19.4 Å². The number of nitrogens with zero attached hydrogens (tertiary/aromatic N) is 1. The summed E-state index contributed by atoms with van der Waals surface area (Å²) >= 11 is 1.35. The highest BCUT2D eigenvalue weighted by Gasteiger charge is 2.28. The van der Waals surface area contributed by atoms with Gasteiger partial charge in [-0.05, 0) is 41.7 Å². The van der Waals surface area contributed by atoms with Crippen LogP contribution in [0.15, 0.2) is 48.5 Å². The summed E-state index contributed by atoms with van der Waals surface area (Å²) in [6, 6.07) is 13.5. The molecule has 2 amide bonds. The molecule has 0 radical (unpaired) electrons. The highest BCUT2D eigenvalue weighted by Crippen LogP contribution is 2.20. The summed E-state index contributed by atoms with van der Waals surface area (Å²) in [5.41, 5.74) is 1.44. The molecule has 2 aromatic carbocycles. The SMILES string of the molecule is CCC(C(=O)NCC(C)C)N(Cc1cccc(OC)c1)C(=O)CSCc1ccccc1F. The molecule has 0 heterocycles. The van der Waals surface area contributed by atoms with Crippen LogP contribution in [0.5, 0.6) is 5.75 Å². The third kappa shape index (κ3) is 7.86. The van der Waals surface area contributed by atoms with Crippen LogP contribution in [0.3, 0.4) is 0 Å². The first-order chi connectivity index (χ1) is 15.3. The van der Waals surface area contributed by atoms with Gasteiger partial charge in [0.2, 0.25) is 11.8 Å². The van der Waals surface area contributed by atoms with E-state index < -0.39 is 6.04 Å². The number of carbonyl (C=O) groups is 2. The number of carbonyl (C=O) groups excluding carboxylic acids is 2. The fraction of sp³-hybridized carbons (Fsp3) is 0.440. The Morgan fingerprint density at radius 2 is 1.91 bits per heavy atom. The van der Waals surface area contributed by atoms with Crippen LogP contribution in [-0.2, 0) is 21.9 Å². The van der Waals surface area contributed by atoms with Crippen molar-refractivity contribution < 1.29 is 18.7 Å². The van der Waals surface area contributed by atoms with Crippen LogP contribution in [0.25, 0.3) is 0 Å². The largest absolute Gasteiger partial charge is 0.497 e. The molecule has 0 aliphatic heterocycles. The topological polar surface area (TPSA) is 58.6 Å². The van der Waals surface area contributed by atoms with E-state index in [-0.39, 0.29) is 23.4 Å². The Labute approximate surface area is 194 Å². The third-order valence-corrected chi connectivity index (χ3v) is 5.96. The number of amides is 2. The number of methoxy groups -OCH3 is 1. The van der Waals surface area contributed by atoms with Crippen molar-refractivity contribution in [2.45, 2.75) is 45.5 Å². The van der Waals surface area contributed by atoms with Crippen LogP contribution in [0.1, 0.15) is 38.3 Å². The van der Waals surface area contributed by atoms with Gasteiger partial charge in [0.25, 0.3) is 0 Å². The lowest BCUT2D eigenvalue weighted by Crippen LogP contribution is -2.50.